The van der Waals surface area contributed by atoms with E-state index in [1.54, 1.807) is 6.07 Å². The second-order valence-electron chi connectivity index (χ2n) is 5.21. The molecule has 2 aromatic rings. The van der Waals surface area contributed by atoms with Crippen LogP contribution in [-0.4, -0.2) is 11.7 Å². The van der Waals surface area contributed by atoms with Gasteiger partial charge in [0.15, 0.2) is 11.5 Å². The third-order valence-electron chi connectivity index (χ3n) is 3.56. The summed E-state index contributed by atoms with van der Waals surface area (Å²) in [5.74, 6) is 0.766. The zero-order valence-corrected chi connectivity index (χ0v) is 12.9. The van der Waals surface area contributed by atoms with Crippen LogP contribution in [0.1, 0.15) is 36.6 Å². The van der Waals surface area contributed by atoms with Gasteiger partial charge in [-0.05, 0) is 32.4 Å². The Balaban J connectivity index is 2.02. The molecule has 0 saturated heterocycles. The molecule has 3 heteroatoms. The quantitative estimate of drug-likeness (QED) is 0.844. The lowest BCUT2D eigenvalue weighted by Gasteiger charge is -2.16. The highest BCUT2D eigenvalue weighted by Gasteiger charge is 2.10. The van der Waals surface area contributed by atoms with Gasteiger partial charge in [0.1, 0.15) is 0 Å². The van der Waals surface area contributed by atoms with Gasteiger partial charge >= 0.3 is 0 Å². The van der Waals surface area contributed by atoms with Crippen LogP contribution >= 0.6 is 0 Å². The predicted octanol–water partition coefficient (Wildman–Crippen LogP) is 3.95. The molecule has 0 aliphatic carbocycles. The molecule has 2 rings (SSSR count). The number of aromatic hydroxyl groups is 1. The summed E-state index contributed by atoms with van der Waals surface area (Å²) in [7, 11) is 0. The van der Waals surface area contributed by atoms with Crippen molar-refractivity contribution >= 4 is 0 Å². The first-order valence-electron chi connectivity index (χ1n) is 7.35. The Hall–Kier alpha value is -2.00. The fraction of sp³-hybridized carbons (Fsp3) is 0.333. The highest BCUT2D eigenvalue weighted by atomic mass is 16.5. The van der Waals surface area contributed by atoms with Gasteiger partial charge in [-0.2, -0.15) is 0 Å². The number of phenolic OH excluding ortho intramolecular Hbond substituents is 1. The highest BCUT2D eigenvalue weighted by molar-refractivity contribution is 5.45. The van der Waals surface area contributed by atoms with Crippen LogP contribution in [0.25, 0.3) is 0 Å². The number of nitrogens with one attached hydrogen (secondary N) is 1. The molecule has 3 nitrogen and oxygen atoms in total. The molecule has 0 spiro atoms. The lowest BCUT2D eigenvalue weighted by atomic mass is 10.1. The molecule has 0 unspecified atom stereocenters. The summed E-state index contributed by atoms with van der Waals surface area (Å²) < 4.78 is 5.40. The molecule has 0 bridgehead atoms. The van der Waals surface area contributed by atoms with Gasteiger partial charge in [0.2, 0.25) is 0 Å². The smallest absolute Gasteiger partial charge is 0.162 e. The van der Waals surface area contributed by atoms with Crippen molar-refractivity contribution in [3.63, 3.8) is 0 Å². The minimum Gasteiger partial charge on any atom is -0.504 e. The van der Waals surface area contributed by atoms with Crippen molar-refractivity contribution in [1.82, 2.24) is 5.32 Å². The number of phenols is 1. The molecule has 0 aliphatic rings. The number of hydrogen-bond acceptors (Lipinski definition) is 3. The maximum Gasteiger partial charge on any atom is 0.162 e. The topological polar surface area (TPSA) is 41.5 Å². The van der Waals surface area contributed by atoms with E-state index in [1.165, 1.54) is 11.1 Å². The van der Waals surface area contributed by atoms with E-state index in [9.17, 15) is 5.11 Å². The number of aryl methyl sites for hydroxylation is 1. The predicted molar refractivity (Wildman–Crippen MR) is 85.7 cm³/mol. The van der Waals surface area contributed by atoms with Crippen LogP contribution in [0, 0.1) is 6.92 Å². The summed E-state index contributed by atoms with van der Waals surface area (Å²) in [5.41, 5.74) is 3.34. The number of rotatable bonds is 6. The lowest BCUT2D eigenvalue weighted by molar-refractivity contribution is 0.316. The van der Waals surface area contributed by atoms with Gasteiger partial charge in [-0.25, -0.2) is 0 Å². The van der Waals surface area contributed by atoms with Crippen molar-refractivity contribution < 1.29 is 9.84 Å². The fourth-order valence-electron chi connectivity index (χ4n) is 2.22. The summed E-state index contributed by atoms with van der Waals surface area (Å²) in [6.07, 6.45) is 0. The van der Waals surface area contributed by atoms with Gasteiger partial charge in [0.05, 0.1) is 6.61 Å². The molecule has 0 saturated carbocycles. The Labute approximate surface area is 126 Å². The summed E-state index contributed by atoms with van der Waals surface area (Å²) >= 11 is 0. The zero-order chi connectivity index (χ0) is 15.2. The van der Waals surface area contributed by atoms with E-state index in [1.807, 2.05) is 19.1 Å². The van der Waals surface area contributed by atoms with Gasteiger partial charge in [0.25, 0.3) is 0 Å². The van der Waals surface area contributed by atoms with Gasteiger partial charge in [0, 0.05) is 18.2 Å². The first-order chi connectivity index (χ1) is 10.1. The minimum atomic E-state index is 0.223. The lowest BCUT2D eigenvalue weighted by Crippen LogP contribution is -2.18. The second-order valence-corrected chi connectivity index (χ2v) is 5.21. The van der Waals surface area contributed by atoms with Gasteiger partial charge in [-0.15, -0.1) is 0 Å². The van der Waals surface area contributed by atoms with Crippen LogP contribution in [0.5, 0.6) is 11.5 Å². The third kappa shape index (κ3) is 3.99. The second kappa shape index (κ2) is 7.14. The standard InChI is InChI=1S/C18H23NO2/c1-4-21-17-7-5-6-16(18(17)20)12-19-14(3)15-10-8-13(2)9-11-15/h5-11,14,19-20H,4,12H2,1-3H3/t14-/m1/s1. The van der Waals surface area contributed by atoms with E-state index in [0.29, 0.717) is 18.9 Å². The number of para-hydroxylation sites is 1. The van der Waals surface area contributed by atoms with E-state index in [0.717, 1.165) is 5.56 Å². The molecule has 0 aliphatic heterocycles. The average Bonchev–Trinajstić information content (AvgIpc) is 2.49. The maximum absolute atomic E-state index is 10.2. The third-order valence-corrected chi connectivity index (χ3v) is 3.56. The van der Waals surface area contributed by atoms with E-state index < -0.39 is 0 Å². The normalized spacial score (nSPS) is 12.1. The minimum absolute atomic E-state index is 0.223. The van der Waals surface area contributed by atoms with Crippen LogP contribution < -0.4 is 10.1 Å². The van der Waals surface area contributed by atoms with Crippen LogP contribution in [0.4, 0.5) is 0 Å². The summed E-state index contributed by atoms with van der Waals surface area (Å²) in [4.78, 5) is 0. The molecular weight excluding hydrogens is 262 g/mol. The van der Waals surface area contributed by atoms with Gasteiger partial charge in [-0.3, -0.25) is 0 Å². The van der Waals surface area contributed by atoms with Crippen molar-refractivity contribution in [2.75, 3.05) is 6.61 Å². The SMILES string of the molecule is CCOc1cccc(CN[C@H](C)c2ccc(C)cc2)c1O. The Morgan fingerprint density at radius 3 is 2.52 bits per heavy atom. The molecule has 0 fully saturated rings. The van der Waals surface area contributed by atoms with Crippen LogP contribution in [0.15, 0.2) is 42.5 Å². The number of ether oxygens (including phenoxy) is 1. The van der Waals surface area contributed by atoms with Crippen molar-refractivity contribution in [3.8, 4) is 11.5 Å². The van der Waals surface area contributed by atoms with Crippen molar-refractivity contribution in [2.24, 2.45) is 0 Å². The molecule has 112 valence electrons. The van der Waals surface area contributed by atoms with Gasteiger partial charge in [-0.1, -0.05) is 42.0 Å². The van der Waals surface area contributed by atoms with E-state index in [4.69, 9.17) is 4.74 Å². The van der Waals surface area contributed by atoms with E-state index >= 15 is 0 Å². The fourth-order valence-corrected chi connectivity index (χ4v) is 2.22. The van der Waals surface area contributed by atoms with Crippen molar-refractivity contribution in [1.29, 1.82) is 0 Å². The molecule has 2 aromatic carbocycles. The molecule has 0 amide bonds. The Morgan fingerprint density at radius 2 is 1.86 bits per heavy atom. The maximum atomic E-state index is 10.2. The van der Waals surface area contributed by atoms with E-state index in [2.05, 4.69) is 43.4 Å². The van der Waals surface area contributed by atoms with E-state index in [-0.39, 0.29) is 11.8 Å². The van der Waals surface area contributed by atoms with Crippen LogP contribution in [0.2, 0.25) is 0 Å². The van der Waals surface area contributed by atoms with Crippen molar-refractivity contribution in [2.45, 2.75) is 33.4 Å². The highest BCUT2D eigenvalue weighted by Crippen LogP contribution is 2.30. The first kappa shape index (κ1) is 15.4. The first-order valence-corrected chi connectivity index (χ1v) is 7.35. The molecule has 0 radical (unpaired) electrons. The number of hydrogen-bond donors (Lipinski definition) is 2. The Morgan fingerprint density at radius 1 is 1.14 bits per heavy atom. The van der Waals surface area contributed by atoms with Crippen molar-refractivity contribution in [3.05, 3.63) is 59.2 Å². The molecule has 1 atom stereocenters. The number of benzene rings is 2. The Bertz CT molecular complexity index is 578. The molecule has 21 heavy (non-hydrogen) atoms. The van der Waals surface area contributed by atoms with Gasteiger partial charge < -0.3 is 15.2 Å². The summed E-state index contributed by atoms with van der Waals surface area (Å²) in [6, 6.07) is 14.3. The summed E-state index contributed by atoms with van der Waals surface area (Å²) in [6.45, 7) is 7.25. The summed E-state index contributed by atoms with van der Waals surface area (Å²) in [5, 5.41) is 13.6. The van der Waals surface area contributed by atoms with Crippen LogP contribution in [-0.2, 0) is 6.54 Å². The molecule has 0 heterocycles. The molecule has 0 aromatic heterocycles. The zero-order valence-electron chi connectivity index (χ0n) is 12.9. The van der Waals surface area contributed by atoms with Crippen LogP contribution in [0.3, 0.4) is 0 Å². The molecule has 2 N–H and O–H groups in total. The molecular formula is C18H23NO2. The largest absolute Gasteiger partial charge is 0.504 e. The Kier molecular flexibility index (Phi) is 5.23. The average molecular weight is 285 g/mol. The monoisotopic (exact) mass is 285 g/mol.